The fraction of sp³-hybridized carbons (Fsp3) is 0.150. The van der Waals surface area contributed by atoms with Crippen molar-refractivity contribution in [3.05, 3.63) is 75.8 Å². The molecule has 0 radical (unpaired) electrons. The van der Waals surface area contributed by atoms with Crippen LogP contribution in [0.3, 0.4) is 0 Å². The van der Waals surface area contributed by atoms with Crippen LogP contribution in [0.5, 0.6) is 0 Å². The van der Waals surface area contributed by atoms with Gasteiger partial charge in [0.05, 0.1) is 17.2 Å². The number of benzene rings is 2. The highest BCUT2D eigenvalue weighted by Gasteiger charge is 2.39. The fourth-order valence-corrected chi connectivity index (χ4v) is 3.74. The molecule has 8 heteroatoms. The van der Waals surface area contributed by atoms with Crippen molar-refractivity contribution < 1.29 is 14.4 Å². The molecule has 0 spiro atoms. The van der Waals surface area contributed by atoms with Crippen LogP contribution >= 0.6 is 11.3 Å². The Bertz CT molecular complexity index is 1090. The summed E-state index contributed by atoms with van der Waals surface area (Å²) >= 11 is 1.26. The van der Waals surface area contributed by atoms with Gasteiger partial charge in [-0.2, -0.15) is 0 Å². The number of nitrogens with zero attached hydrogens (tertiary/aromatic N) is 3. The Morgan fingerprint density at radius 1 is 1.04 bits per heavy atom. The molecule has 0 fully saturated rings. The third-order valence-electron chi connectivity index (χ3n) is 4.60. The van der Waals surface area contributed by atoms with Crippen LogP contribution in [0.25, 0.3) is 0 Å². The largest absolute Gasteiger partial charge is 0.296 e. The van der Waals surface area contributed by atoms with Crippen LogP contribution in [0.4, 0.5) is 5.13 Å². The third-order valence-corrected chi connectivity index (χ3v) is 5.35. The van der Waals surface area contributed by atoms with Crippen molar-refractivity contribution in [2.24, 2.45) is 0 Å². The Hall–Kier alpha value is -3.39. The van der Waals surface area contributed by atoms with Gasteiger partial charge in [-0.25, -0.2) is 0 Å². The number of hydrogen-bond donors (Lipinski definition) is 1. The maximum atomic E-state index is 12.9. The van der Waals surface area contributed by atoms with E-state index in [2.05, 4.69) is 15.5 Å². The summed E-state index contributed by atoms with van der Waals surface area (Å²) in [7, 11) is 0. The first-order valence-electron chi connectivity index (χ1n) is 8.64. The van der Waals surface area contributed by atoms with E-state index in [1.807, 2.05) is 37.3 Å². The molecular weight excluding hydrogens is 376 g/mol. The number of nitrogens with one attached hydrogen (secondary N) is 1. The minimum atomic E-state index is -0.409. The number of rotatable bonds is 4. The predicted molar refractivity (Wildman–Crippen MR) is 104 cm³/mol. The molecular formula is C20H16N4O3S. The summed E-state index contributed by atoms with van der Waals surface area (Å²) < 4.78 is 0. The van der Waals surface area contributed by atoms with Gasteiger partial charge in [0, 0.05) is 5.56 Å². The molecule has 0 saturated carbocycles. The van der Waals surface area contributed by atoms with Gasteiger partial charge in [-0.05, 0) is 37.6 Å². The normalized spacial score (nSPS) is 14.1. The van der Waals surface area contributed by atoms with E-state index in [0.717, 1.165) is 10.6 Å². The fourth-order valence-electron chi connectivity index (χ4n) is 3.15. The number of aromatic nitrogens is 2. The number of carbonyl (C=O) groups excluding carboxylic acids is 3. The summed E-state index contributed by atoms with van der Waals surface area (Å²) in [6.07, 6.45) is 0. The first kappa shape index (κ1) is 18.0. The molecule has 0 bridgehead atoms. The monoisotopic (exact) mass is 392 g/mol. The molecule has 1 atom stereocenters. The van der Waals surface area contributed by atoms with Gasteiger partial charge in [-0.3, -0.25) is 24.6 Å². The van der Waals surface area contributed by atoms with Gasteiger partial charge in [0.1, 0.15) is 5.01 Å². The van der Waals surface area contributed by atoms with Crippen molar-refractivity contribution in [2.75, 3.05) is 5.32 Å². The second-order valence-electron chi connectivity index (χ2n) is 6.41. The molecule has 0 saturated heterocycles. The third kappa shape index (κ3) is 3.07. The summed E-state index contributed by atoms with van der Waals surface area (Å²) in [5, 5.41) is 11.5. The zero-order valence-electron chi connectivity index (χ0n) is 15.2. The Morgan fingerprint density at radius 2 is 1.75 bits per heavy atom. The van der Waals surface area contributed by atoms with Crippen molar-refractivity contribution in [1.82, 2.24) is 15.1 Å². The van der Waals surface area contributed by atoms with Gasteiger partial charge >= 0.3 is 0 Å². The summed E-state index contributed by atoms with van der Waals surface area (Å²) in [5.41, 5.74) is 1.67. The van der Waals surface area contributed by atoms with E-state index in [0.29, 0.717) is 10.7 Å². The summed E-state index contributed by atoms with van der Waals surface area (Å²) in [4.78, 5) is 39.4. The van der Waals surface area contributed by atoms with Crippen molar-refractivity contribution in [3.8, 4) is 0 Å². The maximum Gasteiger partial charge on any atom is 0.262 e. The Labute approximate surface area is 165 Å². The van der Waals surface area contributed by atoms with Crippen LogP contribution < -0.4 is 5.32 Å². The van der Waals surface area contributed by atoms with E-state index in [-0.39, 0.29) is 17.0 Å². The van der Waals surface area contributed by atoms with Gasteiger partial charge < -0.3 is 0 Å². The van der Waals surface area contributed by atoms with E-state index in [1.165, 1.54) is 34.4 Å². The average molecular weight is 392 g/mol. The number of fused-ring (bicyclic) bond motifs is 1. The second kappa shape index (κ2) is 6.97. The number of imide groups is 1. The van der Waals surface area contributed by atoms with E-state index in [4.69, 9.17) is 0 Å². The summed E-state index contributed by atoms with van der Waals surface area (Å²) in [6, 6.07) is 13.4. The molecule has 0 aliphatic carbocycles. The number of carbonyl (C=O) groups is 3. The molecule has 1 aliphatic heterocycles. The Morgan fingerprint density at radius 3 is 2.43 bits per heavy atom. The molecule has 3 aromatic rings. The Kier molecular flexibility index (Phi) is 4.48. The highest BCUT2D eigenvalue weighted by Crippen LogP contribution is 2.31. The van der Waals surface area contributed by atoms with Crippen LogP contribution in [-0.2, 0) is 0 Å². The minimum Gasteiger partial charge on any atom is -0.296 e. The van der Waals surface area contributed by atoms with Gasteiger partial charge in [-0.1, -0.05) is 41.7 Å². The van der Waals surface area contributed by atoms with Crippen molar-refractivity contribution in [3.63, 3.8) is 0 Å². The highest BCUT2D eigenvalue weighted by atomic mass is 32.1. The molecule has 1 aromatic heterocycles. The van der Waals surface area contributed by atoms with Crippen LogP contribution in [0, 0.1) is 6.92 Å². The van der Waals surface area contributed by atoms with Gasteiger partial charge in [-0.15, -0.1) is 10.2 Å². The average Bonchev–Trinajstić information content (AvgIpc) is 3.22. The molecule has 1 N–H and O–H groups in total. The summed E-state index contributed by atoms with van der Waals surface area (Å²) in [5.74, 6) is -1.17. The van der Waals surface area contributed by atoms with E-state index >= 15 is 0 Å². The minimum absolute atomic E-state index is 0.230. The zero-order chi connectivity index (χ0) is 19.8. The standard InChI is InChI=1S/C20H16N4O3S/c1-11(13-6-4-3-5-7-13)24-18(26)15-9-8-14(10-16(15)19(24)27)17(25)21-20-23-22-12(2)28-20/h3-11H,1-2H3,(H,21,23,25)/t11-/m0/s1. The van der Waals surface area contributed by atoms with Crippen molar-refractivity contribution in [1.29, 1.82) is 0 Å². The zero-order valence-corrected chi connectivity index (χ0v) is 16.0. The molecule has 7 nitrogen and oxygen atoms in total. The summed E-state index contributed by atoms with van der Waals surface area (Å²) in [6.45, 7) is 3.60. The van der Waals surface area contributed by atoms with Gasteiger partial charge in [0.2, 0.25) is 5.13 Å². The number of amides is 3. The molecule has 2 aromatic carbocycles. The molecule has 0 unspecified atom stereocenters. The lowest BCUT2D eigenvalue weighted by Crippen LogP contribution is -2.32. The molecule has 28 heavy (non-hydrogen) atoms. The molecule has 2 heterocycles. The van der Waals surface area contributed by atoms with Gasteiger partial charge in [0.15, 0.2) is 0 Å². The van der Waals surface area contributed by atoms with Crippen molar-refractivity contribution in [2.45, 2.75) is 19.9 Å². The molecule has 4 rings (SSSR count). The van der Waals surface area contributed by atoms with E-state index in [9.17, 15) is 14.4 Å². The first-order chi connectivity index (χ1) is 13.5. The highest BCUT2D eigenvalue weighted by molar-refractivity contribution is 7.15. The lowest BCUT2D eigenvalue weighted by atomic mass is 10.1. The second-order valence-corrected chi connectivity index (χ2v) is 7.59. The van der Waals surface area contributed by atoms with Gasteiger partial charge in [0.25, 0.3) is 17.7 Å². The van der Waals surface area contributed by atoms with Crippen LogP contribution in [0.2, 0.25) is 0 Å². The number of hydrogen-bond acceptors (Lipinski definition) is 6. The molecule has 140 valence electrons. The topological polar surface area (TPSA) is 92.3 Å². The maximum absolute atomic E-state index is 12.9. The SMILES string of the molecule is Cc1nnc(NC(=O)c2ccc3c(c2)C(=O)N([C@@H](C)c2ccccc2)C3=O)s1. The quantitative estimate of drug-likeness (QED) is 0.687. The smallest absolute Gasteiger partial charge is 0.262 e. The van der Waals surface area contributed by atoms with Crippen LogP contribution in [-0.4, -0.2) is 32.8 Å². The van der Waals surface area contributed by atoms with Crippen molar-refractivity contribution >= 4 is 34.2 Å². The molecule has 3 amide bonds. The Balaban J connectivity index is 1.61. The number of aryl methyl sites for hydroxylation is 1. The molecule has 1 aliphatic rings. The van der Waals surface area contributed by atoms with E-state index in [1.54, 1.807) is 6.92 Å². The number of anilines is 1. The first-order valence-corrected chi connectivity index (χ1v) is 9.45. The van der Waals surface area contributed by atoms with Crippen LogP contribution in [0.1, 0.15) is 54.6 Å². The predicted octanol–water partition coefficient (Wildman–Crippen LogP) is 3.46. The lowest BCUT2D eigenvalue weighted by molar-refractivity contribution is 0.0595. The van der Waals surface area contributed by atoms with Crippen LogP contribution in [0.15, 0.2) is 48.5 Å². The van der Waals surface area contributed by atoms with E-state index < -0.39 is 17.9 Å². The lowest BCUT2D eigenvalue weighted by Gasteiger charge is -2.22.